The third-order valence-electron chi connectivity index (χ3n) is 11.5. The van der Waals surface area contributed by atoms with Crippen LogP contribution in [0.5, 0.6) is 51.7 Å². The van der Waals surface area contributed by atoms with Crippen LogP contribution in [0.3, 0.4) is 0 Å². The number of benzene rings is 4. The third-order valence-corrected chi connectivity index (χ3v) is 11.5. The van der Waals surface area contributed by atoms with E-state index in [1.165, 1.54) is 51.6 Å². The summed E-state index contributed by atoms with van der Waals surface area (Å²) in [6.45, 7) is 11.4. The first-order chi connectivity index (χ1) is 31.7. The summed E-state index contributed by atoms with van der Waals surface area (Å²) < 4.78 is 0. The second-order valence-corrected chi connectivity index (χ2v) is 15.8. The van der Waals surface area contributed by atoms with Gasteiger partial charge in [0.15, 0.2) is 34.5 Å². The van der Waals surface area contributed by atoms with Crippen molar-refractivity contribution in [3.8, 4) is 51.7 Å². The van der Waals surface area contributed by atoms with Gasteiger partial charge in [-0.25, -0.2) is 0 Å². The molecule has 3 amide bonds. The molecule has 18 heteroatoms. The summed E-state index contributed by atoms with van der Waals surface area (Å²) in [5.41, 5.74) is 7.20. The van der Waals surface area contributed by atoms with Gasteiger partial charge in [-0.15, -0.1) is 0 Å². The van der Waals surface area contributed by atoms with Gasteiger partial charge in [0.25, 0.3) is 17.7 Å². The fourth-order valence-electron chi connectivity index (χ4n) is 7.93. The molecule has 0 aliphatic heterocycles. The van der Waals surface area contributed by atoms with Crippen molar-refractivity contribution in [3.05, 3.63) is 86.5 Å². The van der Waals surface area contributed by atoms with Crippen molar-refractivity contribution in [1.29, 1.82) is 0 Å². The lowest BCUT2D eigenvalue weighted by Crippen LogP contribution is -2.27. The molecule has 4 aromatic carbocycles. The predicted molar refractivity (Wildman–Crippen MR) is 249 cm³/mol. The van der Waals surface area contributed by atoms with Crippen LogP contribution in [0.4, 0.5) is 0 Å². The van der Waals surface area contributed by atoms with E-state index in [0.717, 1.165) is 56.7 Å². The second kappa shape index (κ2) is 25.8. The highest BCUT2D eigenvalue weighted by atomic mass is 16.3. The quantitative estimate of drug-likeness (QED) is 0.0287. The van der Waals surface area contributed by atoms with Gasteiger partial charge in [0.1, 0.15) is 0 Å². The molecule has 4 aromatic rings. The van der Waals surface area contributed by atoms with Crippen molar-refractivity contribution in [1.82, 2.24) is 31.9 Å². The van der Waals surface area contributed by atoms with Crippen LogP contribution in [0.25, 0.3) is 0 Å². The maximum atomic E-state index is 12.6. The molecule has 0 radical (unpaired) electrons. The zero-order valence-corrected chi connectivity index (χ0v) is 37.9. The van der Waals surface area contributed by atoms with Crippen LogP contribution in [-0.4, -0.2) is 103 Å². The Labute approximate surface area is 384 Å². The van der Waals surface area contributed by atoms with Gasteiger partial charge in [0, 0.05) is 39.3 Å². The fraction of sp³-hybridized carbons (Fsp3) is 0.438. The largest absolute Gasteiger partial charge is 0.504 e. The van der Waals surface area contributed by atoms with Crippen molar-refractivity contribution in [2.24, 2.45) is 0 Å². The van der Waals surface area contributed by atoms with E-state index in [2.05, 4.69) is 52.7 Å². The molecule has 0 aromatic heterocycles. The number of rotatable bonds is 27. The summed E-state index contributed by atoms with van der Waals surface area (Å²) in [6, 6.07) is 7.15. The van der Waals surface area contributed by atoms with Gasteiger partial charge < -0.3 is 77.9 Å². The van der Waals surface area contributed by atoms with Gasteiger partial charge in [-0.3, -0.25) is 14.4 Å². The summed E-state index contributed by atoms with van der Waals surface area (Å²) in [6.07, 6.45) is 6.66. The van der Waals surface area contributed by atoms with Gasteiger partial charge in [0.2, 0.25) is 17.2 Å². The van der Waals surface area contributed by atoms with Crippen molar-refractivity contribution < 1.29 is 60.3 Å². The number of carbonyl (C=O) groups excluding carboxylic acids is 3. The lowest BCUT2D eigenvalue weighted by atomic mass is 9.83. The predicted octanol–water partition coefficient (Wildman–Crippen LogP) is 4.62. The molecule has 0 saturated carbocycles. The first-order valence-corrected chi connectivity index (χ1v) is 22.5. The number of carbonyl (C=O) groups is 3. The van der Waals surface area contributed by atoms with Crippen LogP contribution in [0.1, 0.15) is 124 Å². The molecule has 0 heterocycles. The van der Waals surface area contributed by atoms with Crippen LogP contribution in [0.15, 0.2) is 36.4 Å². The maximum Gasteiger partial charge on any atom is 0.255 e. The number of phenolic OH excluding ortho intramolecular Hbond substituents is 9. The molecule has 0 aliphatic carbocycles. The molecule has 0 aliphatic rings. The van der Waals surface area contributed by atoms with Gasteiger partial charge in [-0.2, -0.15) is 0 Å². The summed E-state index contributed by atoms with van der Waals surface area (Å²) in [4.78, 5) is 37.7. The highest BCUT2D eigenvalue weighted by Crippen LogP contribution is 2.39. The molecule has 66 heavy (non-hydrogen) atoms. The van der Waals surface area contributed by atoms with Gasteiger partial charge >= 0.3 is 0 Å². The van der Waals surface area contributed by atoms with Gasteiger partial charge in [-0.1, -0.05) is 20.8 Å². The SMILES string of the molecule is CCc1c(CNCCCCNC(=O)c2ccc(O)c(O)c2O)c(CC)c(CNCCCCNC(=O)c2ccc(O)c(O)c2O)c(CC)c1CNCCCCNC(=O)c1ccc(O)c(O)c1O. The summed E-state index contributed by atoms with van der Waals surface area (Å²) in [7, 11) is 0. The molecule has 0 saturated heterocycles. The van der Waals surface area contributed by atoms with Crippen LogP contribution in [0.2, 0.25) is 0 Å². The summed E-state index contributed by atoms with van der Waals surface area (Å²) >= 11 is 0. The Morgan fingerprint density at radius 2 is 0.591 bits per heavy atom. The number of hydrogen-bond acceptors (Lipinski definition) is 15. The Morgan fingerprint density at radius 3 is 0.833 bits per heavy atom. The number of hydrogen-bond donors (Lipinski definition) is 15. The third kappa shape index (κ3) is 13.5. The van der Waals surface area contributed by atoms with Crippen molar-refractivity contribution in [2.75, 3.05) is 39.3 Å². The number of nitrogens with one attached hydrogen (secondary N) is 6. The zero-order chi connectivity index (χ0) is 48.3. The van der Waals surface area contributed by atoms with E-state index in [4.69, 9.17) is 0 Å². The first kappa shape index (κ1) is 52.0. The minimum absolute atomic E-state index is 0.131. The van der Waals surface area contributed by atoms with E-state index in [1.807, 2.05) is 0 Å². The second-order valence-electron chi connectivity index (χ2n) is 15.8. The van der Waals surface area contributed by atoms with E-state index in [9.17, 15) is 60.3 Å². The van der Waals surface area contributed by atoms with E-state index in [-0.39, 0.29) is 16.7 Å². The summed E-state index contributed by atoms with van der Waals surface area (Å²) in [5, 5.41) is 107. The smallest absolute Gasteiger partial charge is 0.255 e. The molecule has 0 fully saturated rings. The highest BCUT2D eigenvalue weighted by Gasteiger charge is 2.22. The Hall–Kier alpha value is -6.63. The Balaban J connectivity index is 1.38. The fourth-order valence-corrected chi connectivity index (χ4v) is 7.93. The molecule has 0 bridgehead atoms. The number of aromatic hydroxyl groups is 9. The van der Waals surface area contributed by atoms with Crippen molar-refractivity contribution >= 4 is 17.7 Å². The van der Waals surface area contributed by atoms with Crippen LogP contribution >= 0.6 is 0 Å². The Kier molecular flexibility index (Phi) is 20.3. The number of phenols is 9. The molecule has 0 unspecified atom stereocenters. The normalized spacial score (nSPS) is 11.1. The van der Waals surface area contributed by atoms with Crippen LogP contribution in [-0.2, 0) is 38.9 Å². The van der Waals surface area contributed by atoms with Gasteiger partial charge in [-0.05, 0) is 147 Å². The van der Waals surface area contributed by atoms with Crippen molar-refractivity contribution in [3.63, 3.8) is 0 Å². The molecular weight excluding hydrogens is 853 g/mol. The lowest BCUT2D eigenvalue weighted by molar-refractivity contribution is 0.0941. The standard InChI is InChI=1S/C48H66N6O12/c1-4-28-34(25-49-19-7-10-22-52-46(64)31-13-16-37(55)43(61)40(31)58)29(5-2)36(27-51-21-9-12-24-54-48(66)33-15-18-39(57)45(63)42(33)60)30(6-3)35(28)26-50-20-8-11-23-53-47(65)32-14-17-38(56)44(62)41(32)59/h13-18,49-51,55-63H,4-12,19-27H2,1-3H3,(H,52,64)(H,53,65)(H,54,66). The van der Waals surface area contributed by atoms with Crippen molar-refractivity contribution in [2.45, 2.75) is 98.2 Å². The average molecular weight is 919 g/mol. The maximum absolute atomic E-state index is 12.6. The van der Waals surface area contributed by atoms with E-state index in [1.54, 1.807) is 0 Å². The van der Waals surface area contributed by atoms with E-state index in [0.29, 0.717) is 78.2 Å². The van der Waals surface area contributed by atoms with Gasteiger partial charge in [0.05, 0.1) is 16.7 Å². The van der Waals surface area contributed by atoms with E-state index >= 15 is 0 Å². The molecular formula is C48H66N6O12. The monoisotopic (exact) mass is 918 g/mol. The summed E-state index contributed by atoms with van der Waals surface area (Å²) in [5.74, 6) is -7.51. The average Bonchev–Trinajstić information content (AvgIpc) is 3.30. The topological polar surface area (TPSA) is 305 Å². The number of unbranched alkanes of at least 4 members (excludes halogenated alkanes) is 3. The highest BCUT2D eigenvalue weighted by molar-refractivity contribution is 5.99. The minimum atomic E-state index is -0.746. The van der Waals surface area contributed by atoms with Crippen LogP contribution < -0.4 is 31.9 Å². The molecule has 15 N–H and O–H groups in total. The van der Waals surface area contributed by atoms with Crippen LogP contribution in [0, 0.1) is 0 Å². The molecule has 360 valence electrons. The Morgan fingerprint density at radius 1 is 0.348 bits per heavy atom. The molecule has 0 atom stereocenters. The molecule has 0 spiro atoms. The first-order valence-electron chi connectivity index (χ1n) is 22.5. The van der Waals surface area contributed by atoms with E-state index < -0.39 is 69.5 Å². The zero-order valence-electron chi connectivity index (χ0n) is 37.9. The minimum Gasteiger partial charge on any atom is -0.504 e. The Bertz CT molecular complexity index is 2030. The molecule has 18 nitrogen and oxygen atoms in total. The lowest BCUT2D eigenvalue weighted by Gasteiger charge is -2.27. The molecule has 4 rings (SSSR count). The number of amides is 3.